The fourth-order valence-corrected chi connectivity index (χ4v) is 4.66. The number of likely N-dealkylation sites (tertiary alicyclic amines) is 1. The Morgan fingerprint density at radius 2 is 2.18 bits per heavy atom. The van der Waals surface area contributed by atoms with Gasteiger partial charge in [-0.2, -0.15) is 5.10 Å². The number of aromatic nitrogens is 2. The highest BCUT2D eigenvalue weighted by molar-refractivity contribution is 7.13. The minimum atomic E-state index is -0.626. The molecular formula is C21H22N4O2S. The van der Waals surface area contributed by atoms with Gasteiger partial charge in [0.2, 0.25) is 5.91 Å². The summed E-state index contributed by atoms with van der Waals surface area (Å²) in [6.07, 6.45) is 2.79. The molecule has 7 heteroatoms. The second kappa shape index (κ2) is 7.59. The van der Waals surface area contributed by atoms with Gasteiger partial charge in [0.15, 0.2) is 0 Å². The predicted molar refractivity (Wildman–Crippen MR) is 109 cm³/mol. The summed E-state index contributed by atoms with van der Waals surface area (Å²) in [6, 6.07) is 14.1. The number of H-pyrrole nitrogens is 1. The van der Waals surface area contributed by atoms with Crippen molar-refractivity contribution in [1.29, 1.82) is 0 Å². The maximum Gasteiger partial charge on any atom is 0.271 e. The zero-order chi connectivity index (χ0) is 19.6. The highest BCUT2D eigenvalue weighted by atomic mass is 32.1. The number of hydrogen-bond donors (Lipinski definition) is 2. The van der Waals surface area contributed by atoms with Gasteiger partial charge in [0.05, 0.1) is 5.41 Å². The first-order chi connectivity index (χ1) is 13.6. The largest absolute Gasteiger partial charge is 0.359 e. The van der Waals surface area contributed by atoms with Gasteiger partial charge in [-0.3, -0.25) is 14.7 Å². The number of amides is 2. The van der Waals surface area contributed by atoms with Gasteiger partial charge < -0.3 is 10.2 Å². The highest BCUT2D eigenvalue weighted by Gasteiger charge is 2.45. The quantitative estimate of drug-likeness (QED) is 0.698. The number of carbonyl (C=O) groups excluding carboxylic acids is 2. The molecule has 4 rings (SSSR count). The van der Waals surface area contributed by atoms with Gasteiger partial charge in [-0.25, -0.2) is 0 Å². The van der Waals surface area contributed by atoms with Crippen molar-refractivity contribution in [3.63, 3.8) is 0 Å². The molecule has 0 spiro atoms. The molecule has 144 valence electrons. The predicted octanol–water partition coefficient (Wildman–Crippen LogP) is 2.96. The van der Waals surface area contributed by atoms with Crippen molar-refractivity contribution >= 4 is 23.2 Å². The van der Waals surface area contributed by atoms with Gasteiger partial charge >= 0.3 is 0 Å². The van der Waals surface area contributed by atoms with Crippen molar-refractivity contribution < 1.29 is 9.59 Å². The Balaban J connectivity index is 1.58. The van der Waals surface area contributed by atoms with E-state index in [4.69, 9.17) is 0 Å². The first-order valence-corrected chi connectivity index (χ1v) is 10.1. The van der Waals surface area contributed by atoms with Crippen LogP contribution in [0.2, 0.25) is 0 Å². The van der Waals surface area contributed by atoms with Crippen LogP contribution in [0.4, 0.5) is 0 Å². The van der Waals surface area contributed by atoms with Gasteiger partial charge in [0, 0.05) is 31.2 Å². The molecule has 0 radical (unpaired) electrons. The third kappa shape index (κ3) is 3.45. The SMILES string of the molecule is CNC(=O)[C@]1(Cc2cccc(-c3cccs3)c2)CCN(C(=O)c2ccn[nH]2)C1. The molecule has 2 amide bonds. The van der Waals surface area contributed by atoms with E-state index in [0.29, 0.717) is 31.6 Å². The average molecular weight is 395 g/mol. The molecule has 3 aromatic rings. The summed E-state index contributed by atoms with van der Waals surface area (Å²) in [6.45, 7) is 0.948. The lowest BCUT2D eigenvalue weighted by Crippen LogP contribution is -2.44. The molecule has 0 unspecified atom stereocenters. The first-order valence-electron chi connectivity index (χ1n) is 9.25. The summed E-state index contributed by atoms with van der Waals surface area (Å²) in [5, 5.41) is 11.4. The number of hydrogen-bond acceptors (Lipinski definition) is 4. The van der Waals surface area contributed by atoms with Crippen LogP contribution in [-0.2, 0) is 11.2 Å². The second-order valence-corrected chi connectivity index (χ2v) is 8.11. The molecule has 1 atom stereocenters. The van der Waals surface area contributed by atoms with E-state index in [1.54, 1.807) is 35.5 Å². The fourth-order valence-electron chi connectivity index (χ4n) is 3.93. The lowest BCUT2D eigenvalue weighted by Gasteiger charge is -2.27. The molecule has 28 heavy (non-hydrogen) atoms. The number of benzene rings is 1. The Labute approximate surface area is 167 Å². The molecule has 0 bridgehead atoms. The zero-order valence-corrected chi connectivity index (χ0v) is 16.5. The molecule has 3 heterocycles. The Hall–Kier alpha value is -2.93. The molecule has 1 fully saturated rings. The number of rotatable bonds is 5. The standard InChI is InChI=1S/C21H22N4O2S/c1-22-20(27)21(8-10-25(14-21)19(26)17-7-9-23-24-17)13-15-4-2-5-16(12-15)18-6-3-11-28-18/h2-7,9,11-12H,8,10,13-14H2,1H3,(H,22,27)(H,23,24)/t21-/m0/s1. The van der Waals surface area contributed by atoms with E-state index >= 15 is 0 Å². The summed E-state index contributed by atoms with van der Waals surface area (Å²) in [5.74, 6) is -0.135. The lowest BCUT2D eigenvalue weighted by atomic mass is 9.79. The molecule has 1 saturated heterocycles. The Morgan fingerprint density at radius 3 is 2.89 bits per heavy atom. The van der Waals surface area contributed by atoms with Crippen LogP contribution >= 0.6 is 11.3 Å². The van der Waals surface area contributed by atoms with Crippen LogP contribution in [0.1, 0.15) is 22.5 Å². The molecule has 2 N–H and O–H groups in total. The van der Waals surface area contributed by atoms with E-state index in [1.807, 2.05) is 12.1 Å². The maximum atomic E-state index is 12.8. The number of nitrogens with one attached hydrogen (secondary N) is 2. The molecule has 1 aliphatic heterocycles. The number of nitrogens with zero attached hydrogens (tertiary/aromatic N) is 2. The van der Waals surface area contributed by atoms with Gasteiger partial charge in [0.1, 0.15) is 5.69 Å². The summed E-state index contributed by atoms with van der Waals surface area (Å²) in [4.78, 5) is 28.5. The molecule has 1 aliphatic rings. The Kier molecular flexibility index (Phi) is 5.00. The molecular weight excluding hydrogens is 372 g/mol. The third-order valence-corrected chi connectivity index (χ3v) is 6.28. The molecule has 6 nitrogen and oxygen atoms in total. The van der Waals surface area contributed by atoms with E-state index in [-0.39, 0.29) is 11.8 Å². The topological polar surface area (TPSA) is 78.1 Å². The van der Waals surface area contributed by atoms with Crippen molar-refractivity contribution in [2.45, 2.75) is 12.8 Å². The summed E-state index contributed by atoms with van der Waals surface area (Å²) in [5.41, 5.74) is 2.08. The van der Waals surface area contributed by atoms with Crippen LogP contribution in [0, 0.1) is 5.41 Å². The van der Waals surface area contributed by atoms with E-state index in [0.717, 1.165) is 11.1 Å². The van der Waals surface area contributed by atoms with E-state index < -0.39 is 5.41 Å². The van der Waals surface area contributed by atoms with Gasteiger partial charge in [-0.1, -0.05) is 30.3 Å². The minimum Gasteiger partial charge on any atom is -0.359 e. The van der Waals surface area contributed by atoms with Crippen molar-refractivity contribution in [3.8, 4) is 10.4 Å². The molecule has 0 saturated carbocycles. The lowest BCUT2D eigenvalue weighted by molar-refractivity contribution is -0.129. The highest BCUT2D eigenvalue weighted by Crippen LogP contribution is 2.36. The van der Waals surface area contributed by atoms with E-state index in [2.05, 4.69) is 45.2 Å². The summed E-state index contributed by atoms with van der Waals surface area (Å²) in [7, 11) is 1.66. The monoisotopic (exact) mass is 394 g/mol. The second-order valence-electron chi connectivity index (χ2n) is 7.16. The smallest absolute Gasteiger partial charge is 0.271 e. The average Bonchev–Trinajstić information content (AvgIpc) is 3.49. The maximum absolute atomic E-state index is 12.8. The van der Waals surface area contributed by atoms with Crippen molar-refractivity contribution in [1.82, 2.24) is 20.4 Å². The number of carbonyl (C=O) groups is 2. The van der Waals surface area contributed by atoms with Crippen LogP contribution in [-0.4, -0.2) is 47.0 Å². The van der Waals surface area contributed by atoms with Crippen molar-refractivity contribution in [3.05, 3.63) is 65.3 Å². The molecule has 1 aromatic carbocycles. The molecule has 2 aromatic heterocycles. The van der Waals surface area contributed by atoms with Gasteiger partial charge in [-0.05, 0) is 41.5 Å². The number of aromatic amines is 1. The van der Waals surface area contributed by atoms with Crippen LogP contribution in [0.3, 0.4) is 0 Å². The fraction of sp³-hybridized carbons (Fsp3) is 0.286. The summed E-state index contributed by atoms with van der Waals surface area (Å²) < 4.78 is 0. The normalized spacial score (nSPS) is 19.0. The Morgan fingerprint density at radius 1 is 1.29 bits per heavy atom. The summed E-state index contributed by atoms with van der Waals surface area (Å²) >= 11 is 1.70. The van der Waals surface area contributed by atoms with Crippen molar-refractivity contribution in [2.24, 2.45) is 5.41 Å². The van der Waals surface area contributed by atoms with E-state index in [9.17, 15) is 9.59 Å². The number of thiophene rings is 1. The van der Waals surface area contributed by atoms with Crippen LogP contribution < -0.4 is 5.32 Å². The van der Waals surface area contributed by atoms with Gasteiger partial charge in [0.25, 0.3) is 5.91 Å². The van der Waals surface area contributed by atoms with Gasteiger partial charge in [-0.15, -0.1) is 11.3 Å². The van der Waals surface area contributed by atoms with E-state index in [1.165, 1.54) is 4.88 Å². The van der Waals surface area contributed by atoms with Crippen molar-refractivity contribution in [2.75, 3.05) is 20.1 Å². The minimum absolute atomic E-state index is 0.0195. The zero-order valence-electron chi connectivity index (χ0n) is 15.6. The first kappa shape index (κ1) is 18.4. The van der Waals surface area contributed by atoms with Crippen LogP contribution in [0.15, 0.2) is 54.0 Å². The molecule has 0 aliphatic carbocycles. The third-order valence-electron chi connectivity index (χ3n) is 5.36. The Bertz CT molecular complexity index is 968. The van der Waals surface area contributed by atoms with Crippen LogP contribution in [0.5, 0.6) is 0 Å². The van der Waals surface area contributed by atoms with Crippen LogP contribution in [0.25, 0.3) is 10.4 Å².